The van der Waals surface area contributed by atoms with Crippen molar-refractivity contribution >= 4 is 37.0 Å². The van der Waals surface area contributed by atoms with Crippen LogP contribution >= 0.6 is 22.0 Å². The minimum absolute atomic E-state index is 0.0463. The molecular weight excluding hydrogens is 288 g/mol. The fraction of sp³-hybridized carbons (Fsp3) is 0.444. The largest absolute Gasteiger partial charge is 0.481 e. The molecule has 0 bridgehead atoms. The van der Waals surface area contributed by atoms with Crippen molar-refractivity contribution in [3.8, 4) is 0 Å². The van der Waals surface area contributed by atoms with Crippen molar-refractivity contribution in [2.75, 3.05) is 6.61 Å². The van der Waals surface area contributed by atoms with Crippen LogP contribution in [-0.2, 0) is 25.0 Å². The fourth-order valence-electron chi connectivity index (χ4n) is 1.72. The number of carboxylic acids is 1. The first-order valence-electron chi connectivity index (χ1n) is 4.78. The van der Waals surface area contributed by atoms with Crippen LogP contribution in [0.25, 0.3) is 0 Å². The highest BCUT2D eigenvalue weighted by atomic mass is 35.7. The van der Waals surface area contributed by atoms with E-state index in [0.717, 1.165) is 16.2 Å². The van der Waals surface area contributed by atoms with Crippen molar-refractivity contribution in [1.29, 1.82) is 0 Å². The molecule has 0 radical (unpaired) electrons. The third kappa shape index (κ3) is 2.79. The summed E-state index contributed by atoms with van der Waals surface area (Å²) in [7, 11) is 1.50. The Balaban J connectivity index is 2.38. The maximum Gasteiger partial charge on any atom is 0.306 e. The summed E-state index contributed by atoms with van der Waals surface area (Å²) in [5, 5.41) is 8.74. The minimum atomic E-state index is -3.76. The Morgan fingerprint density at radius 2 is 2.35 bits per heavy atom. The van der Waals surface area contributed by atoms with Crippen LogP contribution in [0.1, 0.15) is 23.0 Å². The summed E-state index contributed by atoms with van der Waals surface area (Å²) in [5.74, 6) is -0.982. The molecule has 2 rings (SSSR count). The van der Waals surface area contributed by atoms with Crippen molar-refractivity contribution in [2.24, 2.45) is 0 Å². The number of carbonyl (C=O) groups is 1. The van der Waals surface area contributed by atoms with Gasteiger partial charge in [0.25, 0.3) is 9.05 Å². The molecule has 0 aliphatic carbocycles. The van der Waals surface area contributed by atoms with Gasteiger partial charge < -0.3 is 9.84 Å². The third-order valence-corrected chi connectivity index (χ3v) is 5.70. The number of hydrogen-bond donors (Lipinski definition) is 1. The summed E-state index contributed by atoms with van der Waals surface area (Å²) < 4.78 is 27.8. The number of halogens is 1. The molecule has 1 aliphatic heterocycles. The Morgan fingerprint density at radius 1 is 1.65 bits per heavy atom. The molecule has 0 saturated carbocycles. The second-order valence-electron chi connectivity index (χ2n) is 3.59. The van der Waals surface area contributed by atoms with Gasteiger partial charge in [-0.25, -0.2) is 8.42 Å². The Hall–Kier alpha value is -0.630. The number of carboxylic acid groups (broad SMARTS) is 1. The standard InChI is InChI=1S/C9H9ClO5S2/c10-17(13,14)9-3-5-6(4-8(11)12)15-2-1-7(5)16-9/h3,6H,1-2,4H2,(H,11,12). The molecule has 17 heavy (non-hydrogen) atoms. The maximum absolute atomic E-state index is 11.2. The first-order valence-corrected chi connectivity index (χ1v) is 7.91. The lowest BCUT2D eigenvalue weighted by atomic mass is 10.0. The average Bonchev–Trinajstić information content (AvgIpc) is 2.60. The molecule has 0 aromatic carbocycles. The summed E-state index contributed by atoms with van der Waals surface area (Å²) in [6.45, 7) is 0.396. The molecule has 1 aromatic heterocycles. The first kappa shape index (κ1) is 12.8. The molecular formula is C9H9ClO5S2. The van der Waals surface area contributed by atoms with E-state index in [1.165, 1.54) is 6.07 Å². The average molecular weight is 297 g/mol. The van der Waals surface area contributed by atoms with E-state index < -0.39 is 21.1 Å². The highest BCUT2D eigenvalue weighted by molar-refractivity contribution is 8.15. The van der Waals surface area contributed by atoms with Gasteiger partial charge in [-0.2, -0.15) is 0 Å². The SMILES string of the molecule is O=C(O)CC1OCCc2sc(S(=O)(=O)Cl)cc21. The van der Waals surface area contributed by atoms with E-state index in [0.29, 0.717) is 18.6 Å². The zero-order chi connectivity index (χ0) is 12.6. The van der Waals surface area contributed by atoms with Gasteiger partial charge in [-0.15, -0.1) is 11.3 Å². The molecule has 2 heterocycles. The summed E-state index contributed by atoms with van der Waals surface area (Å²) in [6, 6.07) is 1.41. The van der Waals surface area contributed by atoms with E-state index in [1.54, 1.807) is 0 Å². The van der Waals surface area contributed by atoms with E-state index in [1.807, 2.05) is 0 Å². The molecule has 0 fully saturated rings. The Bertz CT molecular complexity index is 548. The second-order valence-corrected chi connectivity index (χ2v) is 7.52. The van der Waals surface area contributed by atoms with Gasteiger partial charge in [0.05, 0.1) is 19.1 Å². The molecule has 1 N–H and O–H groups in total. The molecule has 5 nitrogen and oxygen atoms in total. The Morgan fingerprint density at radius 3 is 2.94 bits per heavy atom. The lowest BCUT2D eigenvalue weighted by Crippen LogP contribution is -2.17. The van der Waals surface area contributed by atoms with Crippen molar-refractivity contribution in [1.82, 2.24) is 0 Å². The van der Waals surface area contributed by atoms with Gasteiger partial charge in [0.1, 0.15) is 4.21 Å². The number of aliphatic carboxylic acids is 1. The van der Waals surface area contributed by atoms with Crippen molar-refractivity contribution in [3.05, 3.63) is 16.5 Å². The quantitative estimate of drug-likeness (QED) is 0.860. The molecule has 0 amide bonds. The predicted octanol–water partition coefficient (Wildman–Crippen LogP) is 1.76. The Kier molecular flexibility index (Phi) is 3.44. The van der Waals surface area contributed by atoms with Crippen LogP contribution in [0.4, 0.5) is 0 Å². The molecule has 8 heteroatoms. The van der Waals surface area contributed by atoms with Crippen LogP contribution in [0.3, 0.4) is 0 Å². The van der Waals surface area contributed by atoms with Crippen LogP contribution in [0.2, 0.25) is 0 Å². The molecule has 94 valence electrons. The summed E-state index contributed by atoms with van der Waals surface area (Å²) in [5.41, 5.74) is 0.628. The van der Waals surface area contributed by atoms with Gasteiger partial charge in [0, 0.05) is 22.0 Å². The fourth-order valence-corrected chi connectivity index (χ4v) is 4.02. The maximum atomic E-state index is 11.2. The topological polar surface area (TPSA) is 80.7 Å². The minimum Gasteiger partial charge on any atom is -0.481 e. The van der Waals surface area contributed by atoms with Gasteiger partial charge in [-0.3, -0.25) is 4.79 Å². The van der Waals surface area contributed by atoms with E-state index in [4.69, 9.17) is 20.5 Å². The number of fused-ring (bicyclic) bond motifs is 1. The zero-order valence-electron chi connectivity index (χ0n) is 8.55. The van der Waals surface area contributed by atoms with Crippen LogP contribution in [0.15, 0.2) is 10.3 Å². The summed E-state index contributed by atoms with van der Waals surface area (Å²) in [6.07, 6.45) is -0.173. The molecule has 1 aliphatic rings. The third-order valence-electron chi connectivity index (χ3n) is 2.41. The molecule has 0 spiro atoms. The van der Waals surface area contributed by atoms with Gasteiger partial charge in [0.2, 0.25) is 0 Å². The lowest BCUT2D eigenvalue weighted by Gasteiger charge is -2.21. The van der Waals surface area contributed by atoms with Gasteiger partial charge >= 0.3 is 5.97 Å². The number of rotatable bonds is 3. The zero-order valence-corrected chi connectivity index (χ0v) is 10.9. The van der Waals surface area contributed by atoms with Crippen LogP contribution in [0, 0.1) is 0 Å². The van der Waals surface area contributed by atoms with Crippen molar-refractivity contribution in [3.63, 3.8) is 0 Å². The summed E-state index contributed by atoms with van der Waals surface area (Å²) in [4.78, 5) is 11.5. The Labute approximate surface area is 106 Å². The molecule has 0 saturated heterocycles. The number of hydrogen-bond acceptors (Lipinski definition) is 5. The van der Waals surface area contributed by atoms with E-state index in [9.17, 15) is 13.2 Å². The number of thiophene rings is 1. The van der Waals surface area contributed by atoms with E-state index in [-0.39, 0.29) is 10.6 Å². The van der Waals surface area contributed by atoms with Gasteiger partial charge in [0.15, 0.2) is 0 Å². The van der Waals surface area contributed by atoms with Crippen molar-refractivity contribution in [2.45, 2.75) is 23.2 Å². The van der Waals surface area contributed by atoms with Crippen molar-refractivity contribution < 1.29 is 23.1 Å². The normalized spacial score (nSPS) is 19.9. The predicted molar refractivity (Wildman–Crippen MR) is 62.0 cm³/mol. The molecule has 1 aromatic rings. The van der Waals surface area contributed by atoms with E-state index in [2.05, 4.69) is 0 Å². The smallest absolute Gasteiger partial charge is 0.306 e. The highest BCUT2D eigenvalue weighted by Crippen LogP contribution is 2.38. The van der Waals surface area contributed by atoms with Crippen LogP contribution < -0.4 is 0 Å². The highest BCUT2D eigenvalue weighted by Gasteiger charge is 2.28. The van der Waals surface area contributed by atoms with Gasteiger partial charge in [-0.1, -0.05) is 0 Å². The molecule has 1 atom stereocenters. The van der Waals surface area contributed by atoms with Crippen LogP contribution in [0.5, 0.6) is 0 Å². The van der Waals surface area contributed by atoms with Crippen LogP contribution in [-0.4, -0.2) is 26.1 Å². The molecule has 1 unspecified atom stereocenters. The van der Waals surface area contributed by atoms with Gasteiger partial charge in [-0.05, 0) is 11.6 Å². The lowest BCUT2D eigenvalue weighted by molar-refractivity contribution is -0.140. The summed E-state index contributed by atoms with van der Waals surface area (Å²) >= 11 is 1.08. The number of ether oxygens (including phenoxy) is 1. The monoisotopic (exact) mass is 296 g/mol. The first-order chi connectivity index (χ1) is 7.88. The van der Waals surface area contributed by atoms with E-state index >= 15 is 0 Å². The second kappa shape index (κ2) is 4.56.